The van der Waals surface area contributed by atoms with E-state index in [9.17, 15) is 9.18 Å². The Morgan fingerprint density at radius 3 is 2.71 bits per heavy atom. The van der Waals surface area contributed by atoms with Crippen LogP contribution in [0.1, 0.15) is 28.9 Å². The molecule has 0 spiro atoms. The van der Waals surface area contributed by atoms with Gasteiger partial charge in [-0.05, 0) is 55.1 Å². The molecule has 9 heteroatoms. The van der Waals surface area contributed by atoms with Gasteiger partial charge in [-0.3, -0.25) is 9.48 Å². The number of hydrogen-bond donors (Lipinski definition) is 2. The first-order chi connectivity index (χ1) is 16.3. The quantitative estimate of drug-likeness (QED) is 0.350. The van der Waals surface area contributed by atoms with Gasteiger partial charge in [0, 0.05) is 46.7 Å². The van der Waals surface area contributed by atoms with E-state index in [0.717, 1.165) is 16.7 Å². The van der Waals surface area contributed by atoms with E-state index in [0.29, 0.717) is 16.3 Å². The number of nitrogens with zero attached hydrogens (tertiary/aromatic N) is 3. The Morgan fingerprint density at radius 1 is 1.18 bits per heavy atom. The fraction of sp³-hybridized carbons (Fsp3) is 0.160. The van der Waals surface area contributed by atoms with Gasteiger partial charge in [-0.1, -0.05) is 12.1 Å². The summed E-state index contributed by atoms with van der Waals surface area (Å²) in [6.45, 7) is 1.88. The van der Waals surface area contributed by atoms with E-state index in [-0.39, 0.29) is 17.5 Å². The molecule has 0 bridgehead atoms. The molecule has 2 heterocycles. The van der Waals surface area contributed by atoms with Crippen molar-refractivity contribution in [3.8, 4) is 16.9 Å². The molecule has 0 aliphatic heterocycles. The highest BCUT2D eigenvalue weighted by molar-refractivity contribution is 7.98. The van der Waals surface area contributed by atoms with Crippen LogP contribution in [0.5, 0.6) is 5.75 Å². The minimum Gasteiger partial charge on any atom is -0.482 e. The predicted molar refractivity (Wildman–Crippen MR) is 132 cm³/mol. The zero-order valence-corrected chi connectivity index (χ0v) is 19.8. The molecular formula is C25H24FN5O2S. The smallest absolute Gasteiger partial charge is 0.255 e. The number of anilines is 2. The summed E-state index contributed by atoms with van der Waals surface area (Å²) in [6, 6.07) is 13.5. The number of rotatable bonds is 7. The van der Waals surface area contributed by atoms with E-state index >= 15 is 0 Å². The molecule has 7 nitrogen and oxygen atoms in total. The number of benzene rings is 2. The minimum absolute atomic E-state index is 0.246. The number of halogens is 1. The highest BCUT2D eigenvalue weighted by atomic mass is 32.2. The molecule has 0 saturated heterocycles. The van der Waals surface area contributed by atoms with Gasteiger partial charge in [0.25, 0.3) is 5.91 Å². The maximum atomic E-state index is 14.1. The predicted octanol–water partition coefficient (Wildman–Crippen LogP) is 5.32. The number of nitrogens with one attached hydrogen (secondary N) is 1. The first-order valence-corrected chi connectivity index (χ1v) is 11.7. The summed E-state index contributed by atoms with van der Waals surface area (Å²) in [4.78, 5) is 17.3. The van der Waals surface area contributed by atoms with Crippen molar-refractivity contribution in [2.75, 3.05) is 17.3 Å². The van der Waals surface area contributed by atoms with Gasteiger partial charge in [0.15, 0.2) is 11.6 Å². The summed E-state index contributed by atoms with van der Waals surface area (Å²) in [5.41, 5.74) is 9.43. The molecule has 0 aliphatic rings. The number of hydrogen-bond acceptors (Lipinski definition) is 6. The van der Waals surface area contributed by atoms with Gasteiger partial charge in [-0.25, -0.2) is 9.37 Å². The number of aromatic nitrogens is 3. The molecule has 0 saturated carbocycles. The topological polar surface area (TPSA) is 95.1 Å². The van der Waals surface area contributed by atoms with Crippen LogP contribution in [0.2, 0.25) is 0 Å². The molecule has 3 N–H and O–H groups in total. The minimum atomic E-state index is -0.421. The monoisotopic (exact) mass is 477 g/mol. The Morgan fingerprint density at radius 2 is 2.00 bits per heavy atom. The van der Waals surface area contributed by atoms with Crippen LogP contribution in [0.3, 0.4) is 0 Å². The van der Waals surface area contributed by atoms with Crippen LogP contribution >= 0.6 is 11.8 Å². The highest BCUT2D eigenvalue weighted by Crippen LogP contribution is 2.31. The Balaban J connectivity index is 1.49. The van der Waals surface area contributed by atoms with Crippen molar-refractivity contribution in [3.63, 3.8) is 0 Å². The van der Waals surface area contributed by atoms with Crippen molar-refractivity contribution in [1.82, 2.24) is 14.8 Å². The molecule has 1 amide bonds. The average Bonchev–Trinajstić information content (AvgIpc) is 3.26. The molecule has 0 fully saturated rings. The lowest BCUT2D eigenvalue weighted by molar-refractivity contribution is 0.102. The average molecular weight is 478 g/mol. The number of carbonyl (C=O) groups is 1. The lowest BCUT2D eigenvalue weighted by Crippen LogP contribution is -2.13. The number of nitrogens with two attached hydrogens (primary N) is 1. The first-order valence-electron chi connectivity index (χ1n) is 10.5. The largest absolute Gasteiger partial charge is 0.482 e. The van der Waals surface area contributed by atoms with Gasteiger partial charge in [0.05, 0.1) is 6.20 Å². The van der Waals surface area contributed by atoms with Crippen molar-refractivity contribution in [1.29, 1.82) is 0 Å². The van der Waals surface area contributed by atoms with Crippen LogP contribution in [0.25, 0.3) is 11.1 Å². The normalized spacial score (nSPS) is 11.8. The fourth-order valence-electron chi connectivity index (χ4n) is 3.42. The molecule has 4 aromatic rings. The summed E-state index contributed by atoms with van der Waals surface area (Å²) in [7, 11) is 1.84. The second-order valence-electron chi connectivity index (χ2n) is 7.70. The van der Waals surface area contributed by atoms with Crippen molar-refractivity contribution in [3.05, 3.63) is 84.1 Å². The van der Waals surface area contributed by atoms with Crippen molar-refractivity contribution >= 4 is 29.2 Å². The number of thioether (sulfide) groups is 1. The van der Waals surface area contributed by atoms with Gasteiger partial charge in [-0.15, -0.1) is 11.8 Å². The van der Waals surface area contributed by atoms with Gasteiger partial charge in [0.2, 0.25) is 0 Å². The molecule has 4 rings (SSSR count). The van der Waals surface area contributed by atoms with E-state index in [2.05, 4.69) is 15.4 Å². The third kappa shape index (κ3) is 5.20. The Kier molecular flexibility index (Phi) is 6.83. The second kappa shape index (κ2) is 9.96. The van der Waals surface area contributed by atoms with Crippen molar-refractivity contribution in [2.24, 2.45) is 7.05 Å². The molecule has 2 aromatic carbocycles. The number of nitrogen functional groups attached to an aromatic ring is 1. The van der Waals surface area contributed by atoms with Gasteiger partial charge < -0.3 is 15.8 Å². The molecule has 0 radical (unpaired) electrons. The second-order valence-corrected chi connectivity index (χ2v) is 8.55. The van der Waals surface area contributed by atoms with Gasteiger partial charge in [0.1, 0.15) is 11.9 Å². The SMILES string of the molecule is CSc1ccc(C(=O)Nc2cccc(C(C)Oc3cc(-c4cnn(C)c4)cnc3N)c2)cc1F. The molecule has 174 valence electrons. The zero-order valence-electron chi connectivity index (χ0n) is 18.9. The van der Waals surface area contributed by atoms with E-state index < -0.39 is 11.7 Å². The first kappa shape index (κ1) is 23.3. The maximum absolute atomic E-state index is 14.1. The number of pyridine rings is 1. The summed E-state index contributed by atoms with van der Waals surface area (Å²) < 4.78 is 21.9. The highest BCUT2D eigenvalue weighted by Gasteiger charge is 2.15. The van der Waals surface area contributed by atoms with E-state index in [1.165, 1.54) is 17.8 Å². The lowest BCUT2D eigenvalue weighted by Gasteiger charge is -2.17. The van der Waals surface area contributed by atoms with Gasteiger partial charge in [-0.2, -0.15) is 5.10 Å². The molecule has 34 heavy (non-hydrogen) atoms. The molecule has 1 atom stereocenters. The number of ether oxygens (including phenoxy) is 1. The zero-order chi connectivity index (χ0) is 24.2. The van der Waals surface area contributed by atoms with Crippen LogP contribution in [0.4, 0.5) is 15.9 Å². The number of aryl methyl sites for hydroxylation is 1. The third-order valence-electron chi connectivity index (χ3n) is 5.25. The van der Waals surface area contributed by atoms with Crippen LogP contribution in [0, 0.1) is 5.82 Å². The van der Waals surface area contributed by atoms with Crippen LogP contribution < -0.4 is 15.8 Å². The Bertz CT molecular complexity index is 1340. The standard InChI is InChI=1S/C25H24FN5O2S/c1-15(33-22-11-18(12-28-24(22)27)19-13-29-31(2)14-19)16-5-4-6-20(9-16)30-25(32)17-7-8-23(34-3)21(26)10-17/h4-15H,1-3H3,(H2,27,28)(H,30,32). The molecule has 0 aliphatic carbocycles. The van der Waals surface area contributed by atoms with Crippen LogP contribution in [-0.4, -0.2) is 26.9 Å². The lowest BCUT2D eigenvalue weighted by atomic mass is 10.1. The summed E-state index contributed by atoms with van der Waals surface area (Å²) in [5.74, 6) is -0.0853. The van der Waals surface area contributed by atoms with E-state index in [1.807, 2.05) is 44.4 Å². The third-order valence-corrected chi connectivity index (χ3v) is 6.02. The summed E-state index contributed by atoms with van der Waals surface area (Å²) in [6.07, 6.45) is 6.71. The van der Waals surface area contributed by atoms with E-state index in [4.69, 9.17) is 10.5 Å². The van der Waals surface area contributed by atoms with Crippen molar-refractivity contribution in [2.45, 2.75) is 17.9 Å². The Labute approximate surface area is 201 Å². The van der Waals surface area contributed by atoms with Gasteiger partial charge >= 0.3 is 0 Å². The van der Waals surface area contributed by atoms with Crippen LogP contribution in [-0.2, 0) is 7.05 Å². The Hall–Kier alpha value is -3.85. The molecular weight excluding hydrogens is 453 g/mol. The number of carbonyl (C=O) groups excluding carboxylic acids is 1. The van der Waals surface area contributed by atoms with Crippen LogP contribution in [0.15, 0.2) is 72.0 Å². The molecule has 1 unspecified atom stereocenters. The summed E-state index contributed by atoms with van der Waals surface area (Å²) in [5, 5.41) is 6.99. The fourth-order valence-corrected chi connectivity index (χ4v) is 3.87. The maximum Gasteiger partial charge on any atom is 0.255 e. The van der Waals surface area contributed by atoms with E-state index in [1.54, 1.807) is 41.5 Å². The van der Waals surface area contributed by atoms with Crippen molar-refractivity contribution < 1.29 is 13.9 Å². The number of amides is 1. The summed E-state index contributed by atoms with van der Waals surface area (Å²) >= 11 is 1.29. The molecule has 2 aromatic heterocycles.